The highest BCUT2D eigenvalue weighted by molar-refractivity contribution is 4.87. The van der Waals surface area contributed by atoms with Crippen LogP contribution in [0.2, 0.25) is 0 Å². The third kappa shape index (κ3) is 0.956. The Labute approximate surface area is 55.1 Å². The Morgan fingerprint density at radius 1 is 0.889 bits per heavy atom. The number of rotatable bonds is 0. The van der Waals surface area contributed by atoms with Crippen LogP contribution in [0.4, 0.5) is 0 Å². The van der Waals surface area contributed by atoms with E-state index in [9.17, 15) is 0 Å². The molecule has 0 bridgehead atoms. The molecule has 0 aromatic rings. The SMILES string of the molecule is C1CCC2NNNC2C1. The number of hydrogen-bond acceptors (Lipinski definition) is 3. The van der Waals surface area contributed by atoms with Crippen molar-refractivity contribution in [3.8, 4) is 0 Å². The lowest BCUT2D eigenvalue weighted by Crippen LogP contribution is -2.36. The zero-order valence-electron chi connectivity index (χ0n) is 5.48. The molecule has 0 aromatic carbocycles. The third-order valence-electron chi connectivity index (χ3n) is 2.28. The predicted molar refractivity (Wildman–Crippen MR) is 35.5 cm³/mol. The van der Waals surface area contributed by atoms with Crippen molar-refractivity contribution in [3.05, 3.63) is 0 Å². The van der Waals surface area contributed by atoms with Crippen molar-refractivity contribution in [2.75, 3.05) is 0 Å². The van der Waals surface area contributed by atoms with Crippen LogP contribution in [0.3, 0.4) is 0 Å². The fourth-order valence-electron chi connectivity index (χ4n) is 1.70. The second-order valence-electron chi connectivity index (χ2n) is 2.91. The first-order valence-corrected chi connectivity index (χ1v) is 3.73. The summed E-state index contributed by atoms with van der Waals surface area (Å²) in [5.41, 5.74) is 9.36. The molecule has 3 N–H and O–H groups in total. The average molecular weight is 127 g/mol. The standard InChI is InChI=1S/C6H13N3/c1-2-4-6-5(3-1)7-9-8-6/h5-9H,1-4H2. The summed E-state index contributed by atoms with van der Waals surface area (Å²) >= 11 is 0. The highest BCUT2D eigenvalue weighted by atomic mass is 15.7. The second kappa shape index (κ2) is 2.25. The first kappa shape index (κ1) is 5.65. The van der Waals surface area contributed by atoms with Gasteiger partial charge in [0.1, 0.15) is 0 Å². The van der Waals surface area contributed by atoms with Crippen molar-refractivity contribution >= 4 is 0 Å². The molecule has 2 aliphatic rings. The smallest absolute Gasteiger partial charge is 0.0393 e. The summed E-state index contributed by atoms with van der Waals surface area (Å²) in [6.07, 6.45) is 5.42. The highest BCUT2D eigenvalue weighted by Crippen LogP contribution is 2.19. The molecule has 0 radical (unpaired) electrons. The van der Waals surface area contributed by atoms with E-state index in [1.165, 1.54) is 25.7 Å². The van der Waals surface area contributed by atoms with Crippen molar-refractivity contribution in [2.24, 2.45) is 0 Å². The Hall–Kier alpha value is -0.120. The maximum Gasteiger partial charge on any atom is 0.0393 e. The molecule has 3 heteroatoms. The maximum atomic E-state index is 3.20. The molecule has 1 aliphatic heterocycles. The number of hydrazine groups is 2. The van der Waals surface area contributed by atoms with Crippen molar-refractivity contribution < 1.29 is 0 Å². The van der Waals surface area contributed by atoms with Gasteiger partial charge in [0.25, 0.3) is 0 Å². The summed E-state index contributed by atoms with van der Waals surface area (Å²) in [4.78, 5) is 0. The second-order valence-corrected chi connectivity index (χ2v) is 2.91. The molecule has 9 heavy (non-hydrogen) atoms. The molecular formula is C6H13N3. The molecule has 0 spiro atoms. The first-order valence-electron chi connectivity index (χ1n) is 3.73. The van der Waals surface area contributed by atoms with Crippen LogP contribution in [-0.2, 0) is 0 Å². The van der Waals surface area contributed by atoms with Crippen molar-refractivity contribution in [1.82, 2.24) is 16.4 Å². The topological polar surface area (TPSA) is 36.1 Å². The van der Waals surface area contributed by atoms with E-state index in [0.717, 1.165) is 0 Å². The molecule has 2 rings (SSSR count). The molecule has 3 nitrogen and oxygen atoms in total. The van der Waals surface area contributed by atoms with Gasteiger partial charge in [0, 0.05) is 12.1 Å². The van der Waals surface area contributed by atoms with Gasteiger partial charge in [0.05, 0.1) is 0 Å². The molecule has 1 heterocycles. The monoisotopic (exact) mass is 127 g/mol. The summed E-state index contributed by atoms with van der Waals surface area (Å²) < 4.78 is 0. The van der Waals surface area contributed by atoms with E-state index in [2.05, 4.69) is 16.4 Å². The lowest BCUT2D eigenvalue weighted by Gasteiger charge is -2.22. The zero-order valence-corrected chi connectivity index (χ0v) is 5.48. The molecular weight excluding hydrogens is 114 g/mol. The van der Waals surface area contributed by atoms with Crippen LogP contribution in [0.1, 0.15) is 25.7 Å². The molecule has 2 unspecified atom stereocenters. The van der Waals surface area contributed by atoms with Gasteiger partial charge in [-0.05, 0) is 12.8 Å². The van der Waals surface area contributed by atoms with E-state index in [4.69, 9.17) is 0 Å². The van der Waals surface area contributed by atoms with Crippen LogP contribution in [0.15, 0.2) is 0 Å². The minimum absolute atomic E-state index is 0.693. The fraction of sp³-hybridized carbons (Fsp3) is 1.00. The van der Waals surface area contributed by atoms with E-state index in [0.29, 0.717) is 12.1 Å². The van der Waals surface area contributed by atoms with Crippen LogP contribution in [0.5, 0.6) is 0 Å². The fourth-order valence-corrected chi connectivity index (χ4v) is 1.70. The Morgan fingerprint density at radius 2 is 1.44 bits per heavy atom. The van der Waals surface area contributed by atoms with Crippen LogP contribution >= 0.6 is 0 Å². The molecule has 2 atom stereocenters. The Morgan fingerprint density at radius 3 is 2.00 bits per heavy atom. The van der Waals surface area contributed by atoms with Gasteiger partial charge in [-0.15, -0.1) is 0 Å². The number of fused-ring (bicyclic) bond motifs is 1. The molecule has 2 fully saturated rings. The van der Waals surface area contributed by atoms with Gasteiger partial charge in [-0.3, -0.25) is 0 Å². The Bertz CT molecular complexity index is 92.5. The average Bonchev–Trinajstić information content (AvgIpc) is 2.33. The number of hydrogen-bond donors (Lipinski definition) is 3. The van der Waals surface area contributed by atoms with E-state index < -0.39 is 0 Å². The first-order chi connectivity index (χ1) is 4.47. The lowest BCUT2D eigenvalue weighted by atomic mass is 9.92. The summed E-state index contributed by atoms with van der Waals surface area (Å²) in [6, 6.07) is 1.39. The molecule has 0 amide bonds. The largest absolute Gasteiger partial charge is 0.240 e. The molecule has 1 aliphatic carbocycles. The third-order valence-corrected chi connectivity index (χ3v) is 2.28. The van der Waals surface area contributed by atoms with Crippen LogP contribution < -0.4 is 16.4 Å². The summed E-state index contributed by atoms with van der Waals surface area (Å²) in [7, 11) is 0. The predicted octanol–water partition coefficient (Wildman–Crippen LogP) is -0.0900. The Balaban J connectivity index is 1.97. The van der Waals surface area contributed by atoms with E-state index in [1.807, 2.05) is 0 Å². The quantitative estimate of drug-likeness (QED) is 0.425. The van der Waals surface area contributed by atoms with Crippen LogP contribution in [-0.4, -0.2) is 12.1 Å². The lowest BCUT2D eigenvalue weighted by molar-refractivity contribution is 0.374. The van der Waals surface area contributed by atoms with Crippen molar-refractivity contribution in [3.63, 3.8) is 0 Å². The van der Waals surface area contributed by atoms with Crippen LogP contribution in [0, 0.1) is 0 Å². The van der Waals surface area contributed by atoms with Crippen LogP contribution in [0.25, 0.3) is 0 Å². The number of nitrogens with one attached hydrogen (secondary N) is 3. The Kier molecular flexibility index (Phi) is 1.41. The van der Waals surface area contributed by atoms with Gasteiger partial charge < -0.3 is 0 Å². The molecule has 0 aromatic heterocycles. The minimum atomic E-state index is 0.693. The normalized spacial score (nSPS) is 42.7. The summed E-state index contributed by atoms with van der Waals surface area (Å²) in [6.45, 7) is 0. The van der Waals surface area contributed by atoms with E-state index in [-0.39, 0.29) is 0 Å². The van der Waals surface area contributed by atoms with Gasteiger partial charge in [-0.25, -0.2) is 10.9 Å². The summed E-state index contributed by atoms with van der Waals surface area (Å²) in [5.74, 6) is 0. The van der Waals surface area contributed by atoms with Gasteiger partial charge in [0.15, 0.2) is 0 Å². The zero-order chi connectivity index (χ0) is 6.10. The van der Waals surface area contributed by atoms with Gasteiger partial charge >= 0.3 is 0 Å². The van der Waals surface area contributed by atoms with Crippen molar-refractivity contribution in [2.45, 2.75) is 37.8 Å². The van der Waals surface area contributed by atoms with E-state index >= 15 is 0 Å². The molecule has 1 saturated heterocycles. The maximum absolute atomic E-state index is 3.20. The minimum Gasteiger partial charge on any atom is -0.240 e. The molecule has 1 saturated carbocycles. The van der Waals surface area contributed by atoms with Gasteiger partial charge in [-0.1, -0.05) is 12.8 Å². The molecule has 52 valence electrons. The highest BCUT2D eigenvalue weighted by Gasteiger charge is 2.28. The van der Waals surface area contributed by atoms with Crippen molar-refractivity contribution in [1.29, 1.82) is 0 Å². The van der Waals surface area contributed by atoms with E-state index in [1.54, 1.807) is 0 Å². The van der Waals surface area contributed by atoms with Gasteiger partial charge in [-0.2, -0.15) is 5.53 Å². The van der Waals surface area contributed by atoms with Gasteiger partial charge in [0.2, 0.25) is 0 Å². The summed E-state index contributed by atoms with van der Waals surface area (Å²) in [5, 5.41) is 0.